The Hall–Kier alpha value is -2.65. The Morgan fingerprint density at radius 3 is 2.80 bits per heavy atom. The lowest BCUT2D eigenvalue weighted by atomic mass is 10.1. The van der Waals surface area contributed by atoms with Gasteiger partial charge in [-0.15, -0.1) is 0 Å². The van der Waals surface area contributed by atoms with Crippen molar-refractivity contribution in [1.82, 2.24) is 24.5 Å². The minimum atomic E-state index is -0.261. The summed E-state index contributed by atoms with van der Waals surface area (Å²) in [7, 11) is 3.75. The molecule has 7 nitrogen and oxygen atoms in total. The van der Waals surface area contributed by atoms with E-state index in [2.05, 4.69) is 15.0 Å². The number of halogens is 1. The molecule has 0 saturated carbocycles. The van der Waals surface area contributed by atoms with Crippen LogP contribution in [0.1, 0.15) is 17.7 Å². The van der Waals surface area contributed by atoms with Gasteiger partial charge in [0, 0.05) is 50.9 Å². The summed E-state index contributed by atoms with van der Waals surface area (Å²) in [5.74, 6) is -0.216. The molecular weight excluding hydrogens is 405 g/mol. The van der Waals surface area contributed by atoms with E-state index in [1.807, 2.05) is 17.8 Å². The van der Waals surface area contributed by atoms with Crippen molar-refractivity contribution >= 4 is 17.7 Å². The number of benzene rings is 1. The predicted octanol–water partition coefficient (Wildman–Crippen LogP) is 2.94. The summed E-state index contributed by atoms with van der Waals surface area (Å²) in [6.07, 6.45) is 5.92. The van der Waals surface area contributed by atoms with Gasteiger partial charge in [-0.1, -0.05) is 29.1 Å². The van der Waals surface area contributed by atoms with Crippen molar-refractivity contribution in [2.24, 2.45) is 7.05 Å². The highest BCUT2D eigenvalue weighted by Gasteiger charge is 2.39. The zero-order valence-electron chi connectivity index (χ0n) is 16.9. The Kier molecular flexibility index (Phi) is 6.19. The molecule has 0 N–H and O–H groups in total. The van der Waals surface area contributed by atoms with E-state index in [0.29, 0.717) is 18.8 Å². The van der Waals surface area contributed by atoms with Crippen LogP contribution < -0.4 is 0 Å². The van der Waals surface area contributed by atoms with Crippen molar-refractivity contribution in [2.75, 3.05) is 13.6 Å². The Balaban J connectivity index is 1.49. The van der Waals surface area contributed by atoms with Crippen LogP contribution in [0.15, 0.2) is 58.7 Å². The number of nitrogens with zero attached hydrogens (tertiary/aromatic N) is 5. The summed E-state index contributed by atoms with van der Waals surface area (Å²) in [6, 6.07) is 7.96. The van der Waals surface area contributed by atoms with Gasteiger partial charge in [-0.05, 0) is 24.1 Å². The maximum absolute atomic E-state index is 13.3. The molecule has 0 aliphatic carbocycles. The second-order valence-electron chi connectivity index (χ2n) is 7.55. The number of likely N-dealkylation sites (tertiary alicyclic amines) is 1. The quantitative estimate of drug-likeness (QED) is 0.575. The van der Waals surface area contributed by atoms with Crippen LogP contribution in [0.4, 0.5) is 4.39 Å². The molecule has 1 aliphatic rings. The lowest BCUT2D eigenvalue weighted by Crippen LogP contribution is -2.43. The van der Waals surface area contributed by atoms with Crippen LogP contribution in [-0.4, -0.2) is 55.3 Å². The first-order valence-electron chi connectivity index (χ1n) is 9.76. The van der Waals surface area contributed by atoms with E-state index in [1.54, 1.807) is 48.1 Å². The van der Waals surface area contributed by atoms with Gasteiger partial charge in [0.15, 0.2) is 5.16 Å². The largest absolute Gasteiger partial charge is 0.364 e. The average Bonchev–Trinajstić information content (AvgIpc) is 3.46. The first-order chi connectivity index (χ1) is 14.5. The Morgan fingerprint density at radius 1 is 1.33 bits per heavy atom. The highest BCUT2D eigenvalue weighted by Crippen LogP contribution is 2.33. The molecule has 2 atom stereocenters. The van der Waals surface area contributed by atoms with Crippen LogP contribution in [0.25, 0.3) is 0 Å². The lowest BCUT2D eigenvalue weighted by Gasteiger charge is -2.27. The van der Waals surface area contributed by atoms with E-state index in [1.165, 1.54) is 18.4 Å². The van der Waals surface area contributed by atoms with E-state index < -0.39 is 0 Å². The molecule has 4 rings (SSSR count). The fourth-order valence-corrected chi connectivity index (χ4v) is 4.90. The fraction of sp³-hybridized carbons (Fsp3) is 0.381. The van der Waals surface area contributed by atoms with E-state index in [4.69, 9.17) is 4.52 Å². The van der Waals surface area contributed by atoms with Crippen LogP contribution in [0.2, 0.25) is 0 Å². The molecule has 158 valence electrons. The van der Waals surface area contributed by atoms with Crippen molar-refractivity contribution in [3.63, 3.8) is 0 Å². The summed E-state index contributed by atoms with van der Waals surface area (Å²) in [4.78, 5) is 21.5. The second-order valence-corrected chi connectivity index (χ2v) is 8.82. The average molecular weight is 430 g/mol. The molecule has 0 spiro atoms. The third-order valence-corrected chi connectivity index (χ3v) is 6.54. The normalized spacial score (nSPS) is 19.3. The summed E-state index contributed by atoms with van der Waals surface area (Å²) < 4.78 is 20.2. The molecule has 1 aromatic carbocycles. The third kappa shape index (κ3) is 4.73. The molecule has 0 bridgehead atoms. The number of rotatable bonds is 7. The third-order valence-electron chi connectivity index (χ3n) is 5.26. The molecule has 9 heteroatoms. The zero-order valence-corrected chi connectivity index (χ0v) is 17.8. The number of carbonyl (C=O) groups excluding carboxylic acids is 1. The molecule has 1 amide bonds. The number of amides is 1. The van der Waals surface area contributed by atoms with Crippen LogP contribution in [0, 0.1) is 5.82 Å². The number of imidazole rings is 1. The van der Waals surface area contributed by atoms with Crippen molar-refractivity contribution in [3.05, 3.63) is 66.1 Å². The number of hydrogen-bond acceptors (Lipinski definition) is 6. The maximum Gasteiger partial charge on any atom is 0.240 e. The van der Waals surface area contributed by atoms with E-state index >= 15 is 0 Å². The van der Waals surface area contributed by atoms with Crippen molar-refractivity contribution < 1.29 is 13.7 Å². The van der Waals surface area contributed by atoms with Gasteiger partial charge in [0.2, 0.25) is 5.91 Å². The minimum absolute atomic E-state index is 0.0445. The fourth-order valence-electron chi connectivity index (χ4n) is 3.71. The van der Waals surface area contributed by atoms with Crippen LogP contribution in [0.5, 0.6) is 0 Å². The maximum atomic E-state index is 13.3. The standard InChI is InChI=1S/C21H24FN5O2S/c1-25-9-8-23-21(25)30-18-11-19(20(28)26(2)13-17-7-10-29-24-17)27(14-18)12-15-3-5-16(22)6-4-15/h3-10,18-19H,11-14H2,1-2H3/t18-,19+/m1/s1. The van der Waals surface area contributed by atoms with Crippen LogP contribution in [-0.2, 0) is 24.9 Å². The van der Waals surface area contributed by atoms with Gasteiger partial charge in [-0.2, -0.15) is 0 Å². The summed E-state index contributed by atoms with van der Waals surface area (Å²) in [5, 5.41) is 5.07. The molecule has 1 saturated heterocycles. The molecule has 0 radical (unpaired) electrons. The van der Waals surface area contributed by atoms with Gasteiger partial charge in [0.25, 0.3) is 0 Å². The Labute approximate surface area is 178 Å². The molecule has 3 aromatic rings. The monoisotopic (exact) mass is 429 g/mol. The molecule has 1 fully saturated rings. The predicted molar refractivity (Wildman–Crippen MR) is 111 cm³/mol. The minimum Gasteiger partial charge on any atom is -0.364 e. The number of thioether (sulfide) groups is 1. The number of likely N-dealkylation sites (N-methyl/N-ethyl adjacent to an activating group) is 1. The first kappa shape index (κ1) is 20.6. The molecular formula is C21H24FN5O2S. The summed E-state index contributed by atoms with van der Waals surface area (Å²) in [5.41, 5.74) is 1.70. The zero-order chi connectivity index (χ0) is 21.1. The topological polar surface area (TPSA) is 67.4 Å². The number of aromatic nitrogens is 3. The van der Waals surface area contributed by atoms with E-state index in [9.17, 15) is 9.18 Å². The van der Waals surface area contributed by atoms with E-state index in [0.717, 1.165) is 23.7 Å². The lowest BCUT2D eigenvalue weighted by molar-refractivity contribution is -0.135. The van der Waals surface area contributed by atoms with Gasteiger partial charge in [0.05, 0.1) is 12.6 Å². The molecule has 2 aromatic heterocycles. The highest BCUT2D eigenvalue weighted by atomic mass is 32.2. The van der Waals surface area contributed by atoms with Crippen LogP contribution in [0.3, 0.4) is 0 Å². The van der Waals surface area contributed by atoms with Gasteiger partial charge >= 0.3 is 0 Å². The SMILES string of the molecule is CN(Cc1ccon1)C(=O)[C@@H]1C[C@@H](Sc2nccn2C)CN1Cc1ccc(F)cc1. The molecule has 0 unspecified atom stereocenters. The van der Waals surface area contributed by atoms with Crippen LogP contribution >= 0.6 is 11.8 Å². The summed E-state index contributed by atoms with van der Waals surface area (Å²) in [6.45, 7) is 1.74. The molecule has 3 heterocycles. The number of aryl methyl sites for hydroxylation is 1. The van der Waals surface area contributed by atoms with Crippen molar-refractivity contribution in [1.29, 1.82) is 0 Å². The highest BCUT2D eigenvalue weighted by molar-refractivity contribution is 7.99. The van der Waals surface area contributed by atoms with Gasteiger partial charge in [-0.25, -0.2) is 9.37 Å². The molecule has 30 heavy (non-hydrogen) atoms. The van der Waals surface area contributed by atoms with Crippen molar-refractivity contribution in [3.8, 4) is 0 Å². The smallest absolute Gasteiger partial charge is 0.240 e. The summed E-state index contributed by atoms with van der Waals surface area (Å²) >= 11 is 1.69. The Morgan fingerprint density at radius 2 is 2.13 bits per heavy atom. The van der Waals surface area contributed by atoms with E-state index in [-0.39, 0.29) is 23.0 Å². The number of hydrogen-bond donors (Lipinski definition) is 0. The first-order valence-corrected chi connectivity index (χ1v) is 10.6. The number of carbonyl (C=O) groups is 1. The van der Waals surface area contributed by atoms with Gasteiger partial charge in [0.1, 0.15) is 17.8 Å². The second kappa shape index (κ2) is 9.01. The van der Waals surface area contributed by atoms with Gasteiger partial charge in [-0.3, -0.25) is 9.69 Å². The van der Waals surface area contributed by atoms with Gasteiger partial charge < -0.3 is 14.0 Å². The Bertz CT molecular complexity index is 976. The van der Waals surface area contributed by atoms with Crippen molar-refractivity contribution in [2.45, 2.75) is 36.0 Å². The molecule has 1 aliphatic heterocycles.